The molecule has 0 unspecified atom stereocenters. The van der Waals surface area contributed by atoms with E-state index in [-0.39, 0.29) is 0 Å². The second-order valence-electron chi connectivity index (χ2n) is 5.57. The summed E-state index contributed by atoms with van der Waals surface area (Å²) in [5.74, 6) is 1.91. The molecule has 0 radical (unpaired) electrons. The minimum atomic E-state index is 0.486. The molecule has 2 aromatic rings. The molecule has 112 valence electrons. The van der Waals surface area contributed by atoms with Gasteiger partial charge in [-0.15, -0.1) is 0 Å². The molecule has 0 saturated heterocycles. The maximum absolute atomic E-state index is 5.91. The number of ether oxygens (including phenoxy) is 1. The van der Waals surface area contributed by atoms with Crippen molar-refractivity contribution in [2.45, 2.75) is 32.8 Å². The van der Waals surface area contributed by atoms with E-state index in [0.29, 0.717) is 25.0 Å². The molecular formula is C19H25NO. The van der Waals surface area contributed by atoms with E-state index < -0.39 is 0 Å². The van der Waals surface area contributed by atoms with Crippen molar-refractivity contribution in [3.8, 4) is 5.75 Å². The van der Waals surface area contributed by atoms with Crippen molar-refractivity contribution in [3.63, 3.8) is 0 Å². The molecule has 0 spiro atoms. The molecule has 0 aromatic heterocycles. The summed E-state index contributed by atoms with van der Waals surface area (Å²) < 4.78 is 5.91. The van der Waals surface area contributed by atoms with Gasteiger partial charge in [-0.25, -0.2) is 0 Å². The average molecular weight is 283 g/mol. The molecule has 2 rings (SSSR count). The number of hydrogen-bond donors (Lipinski definition) is 1. The van der Waals surface area contributed by atoms with Gasteiger partial charge in [-0.2, -0.15) is 0 Å². The Kier molecular flexibility index (Phi) is 5.82. The molecule has 0 saturated carbocycles. The predicted molar refractivity (Wildman–Crippen MR) is 88.5 cm³/mol. The molecular weight excluding hydrogens is 258 g/mol. The Bertz CT molecular complexity index is 538. The van der Waals surface area contributed by atoms with Gasteiger partial charge in [0.2, 0.25) is 0 Å². The van der Waals surface area contributed by atoms with Crippen LogP contribution in [0.1, 0.15) is 37.3 Å². The highest BCUT2D eigenvalue weighted by Crippen LogP contribution is 2.29. The van der Waals surface area contributed by atoms with Crippen LogP contribution in [0.4, 0.5) is 0 Å². The summed E-state index contributed by atoms with van der Waals surface area (Å²) in [6.45, 7) is 5.75. The second kappa shape index (κ2) is 7.84. The van der Waals surface area contributed by atoms with E-state index in [1.165, 1.54) is 11.1 Å². The predicted octanol–water partition coefficient (Wildman–Crippen LogP) is 4.35. The van der Waals surface area contributed by atoms with Crippen LogP contribution in [-0.4, -0.2) is 6.54 Å². The highest BCUT2D eigenvalue weighted by molar-refractivity contribution is 5.31. The van der Waals surface area contributed by atoms with E-state index in [1.807, 2.05) is 24.3 Å². The fraction of sp³-hybridized carbons (Fsp3) is 0.368. The van der Waals surface area contributed by atoms with Gasteiger partial charge in [-0.05, 0) is 48.1 Å². The van der Waals surface area contributed by atoms with Crippen LogP contribution in [0.15, 0.2) is 54.6 Å². The standard InChI is InChI=1S/C19H25NO/c1-3-19(15(2)13-20)17-10-7-11-18(12-17)21-14-16-8-5-4-6-9-16/h4-12,15,19H,3,13-14,20H2,1-2H3/t15-,19+/m0/s1. The van der Waals surface area contributed by atoms with E-state index in [0.717, 1.165) is 12.2 Å². The highest BCUT2D eigenvalue weighted by atomic mass is 16.5. The summed E-state index contributed by atoms with van der Waals surface area (Å²) in [6, 6.07) is 18.7. The van der Waals surface area contributed by atoms with Crippen LogP contribution >= 0.6 is 0 Å². The lowest BCUT2D eigenvalue weighted by Crippen LogP contribution is -2.18. The van der Waals surface area contributed by atoms with Crippen molar-refractivity contribution >= 4 is 0 Å². The van der Waals surface area contributed by atoms with Gasteiger partial charge in [0, 0.05) is 0 Å². The largest absolute Gasteiger partial charge is 0.489 e. The molecule has 0 heterocycles. The number of benzene rings is 2. The first-order valence-electron chi connectivity index (χ1n) is 7.71. The first-order chi connectivity index (χ1) is 10.2. The normalized spacial score (nSPS) is 13.7. The van der Waals surface area contributed by atoms with Crippen LogP contribution < -0.4 is 10.5 Å². The Hall–Kier alpha value is -1.80. The third kappa shape index (κ3) is 4.33. The van der Waals surface area contributed by atoms with Crippen LogP contribution in [0.2, 0.25) is 0 Å². The van der Waals surface area contributed by atoms with Crippen molar-refractivity contribution in [2.24, 2.45) is 11.7 Å². The Labute approximate surface area is 127 Å². The van der Waals surface area contributed by atoms with Gasteiger partial charge in [0.15, 0.2) is 0 Å². The first kappa shape index (κ1) is 15.6. The summed E-state index contributed by atoms with van der Waals surface area (Å²) in [5.41, 5.74) is 8.33. The van der Waals surface area contributed by atoms with Crippen molar-refractivity contribution in [3.05, 3.63) is 65.7 Å². The van der Waals surface area contributed by atoms with Gasteiger partial charge in [-0.3, -0.25) is 0 Å². The number of hydrogen-bond acceptors (Lipinski definition) is 2. The van der Waals surface area contributed by atoms with E-state index >= 15 is 0 Å². The molecule has 0 amide bonds. The third-order valence-corrected chi connectivity index (χ3v) is 4.03. The van der Waals surface area contributed by atoms with Crippen molar-refractivity contribution in [2.75, 3.05) is 6.54 Å². The topological polar surface area (TPSA) is 35.2 Å². The lowest BCUT2D eigenvalue weighted by molar-refractivity contribution is 0.305. The molecule has 0 bridgehead atoms. The van der Waals surface area contributed by atoms with E-state index in [1.54, 1.807) is 0 Å². The SMILES string of the molecule is CC[C@@H](c1cccc(OCc2ccccc2)c1)[C@@H](C)CN. The van der Waals surface area contributed by atoms with Crippen LogP contribution in [-0.2, 0) is 6.61 Å². The summed E-state index contributed by atoms with van der Waals surface area (Å²) in [6.07, 6.45) is 1.10. The fourth-order valence-corrected chi connectivity index (χ4v) is 2.71. The molecule has 2 atom stereocenters. The molecule has 2 aromatic carbocycles. The summed E-state index contributed by atoms with van der Waals surface area (Å²) >= 11 is 0. The number of nitrogens with two attached hydrogens (primary N) is 1. The van der Waals surface area contributed by atoms with Gasteiger partial charge in [0.25, 0.3) is 0 Å². The van der Waals surface area contributed by atoms with Crippen LogP contribution in [0.5, 0.6) is 5.75 Å². The summed E-state index contributed by atoms with van der Waals surface area (Å²) in [5, 5.41) is 0. The van der Waals surface area contributed by atoms with Crippen molar-refractivity contribution in [1.29, 1.82) is 0 Å². The minimum Gasteiger partial charge on any atom is -0.489 e. The van der Waals surface area contributed by atoms with Gasteiger partial charge in [0.05, 0.1) is 0 Å². The summed E-state index contributed by atoms with van der Waals surface area (Å²) in [7, 11) is 0. The van der Waals surface area contributed by atoms with Gasteiger partial charge in [-0.1, -0.05) is 56.3 Å². The summed E-state index contributed by atoms with van der Waals surface area (Å²) in [4.78, 5) is 0. The molecule has 2 heteroatoms. The fourth-order valence-electron chi connectivity index (χ4n) is 2.71. The Balaban J connectivity index is 2.06. The molecule has 2 nitrogen and oxygen atoms in total. The zero-order valence-electron chi connectivity index (χ0n) is 13.0. The van der Waals surface area contributed by atoms with Crippen LogP contribution in [0.25, 0.3) is 0 Å². The zero-order valence-corrected chi connectivity index (χ0v) is 13.0. The Morgan fingerprint density at radius 1 is 1.05 bits per heavy atom. The zero-order chi connectivity index (χ0) is 15.1. The molecule has 0 aliphatic carbocycles. The minimum absolute atomic E-state index is 0.486. The van der Waals surface area contributed by atoms with E-state index in [9.17, 15) is 0 Å². The Morgan fingerprint density at radius 3 is 2.48 bits per heavy atom. The molecule has 21 heavy (non-hydrogen) atoms. The van der Waals surface area contributed by atoms with E-state index in [2.05, 4.69) is 44.2 Å². The molecule has 0 aliphatic heterocycles. The lowest BCUT2D eigenvalue weighted by atomic mass is 9.85. The smallest absolute Gasteiger partial charge is 0.120 e. The van der Waals surface area contributed by atoms with Crippen molar-refractivity contribution in [1.82, 2.24) is 0 Å². The maximum Gasteiger partial charge on any atom is 0.120 e. The van der Waals surface area contributed by atoms with Gasteiger partial charge >= 0.3 is 0 Å². The maximum atomic E-state index is 5.91. The molecule has 2 N–H and O–H groups in total. The average Bonchev–Trinajstić information content (AvgIpc) is 2.55. The first-order valence-corrected chi connectivity index (χ1v) is 7.71. The lowest BCUT2D eigenvalue weighted by Gasteiger charge is -2.22. The Morgan fingerprint density at radius 2 is 1.81 bits per heavy atom. The number of rotatable bonds is 7. The molecule has 0 fully saturated rings. The highest BCUT2D eigenvalue weighted by Gasteiger charge is 2.16. The molecule has 0 aliphatic rings. The van der Waals surface area contributed by atoms with Gasteiger partial charge in [0.1, 0.15) is 12.4 Å². The van der Waals surface area contributed by atoms with Gasteiger partial charge < -0.3 is 10.5 Å². The van der Waals surface area contributed by atoms with Crippen molar-refractivity contribution < 1.29 is 4.74 Å². The quantitative estimate of drug-likeness (QED) is 0.819. The van der Waals surface area contributed by atoms with Crippen LogP contribution in [0.3, 0.4) is 0 Å². The second-order valence-corrected chi connectivity index (χ2v) is 5.57. The third-order valence-electron chi connectivity index (χ3n) is 4.03. The van der Waals surface area contributed by atoms with E-state index in [4.69, 9.17) is 10.5 Å². The van der Waals surface area contributed by atoms with Crippen LogP contribution in [0, 0.1) is 5.92 Å². The monoisotopic (exact) mass is 283 g/mol.